The Kier molecular flexibility index (Phi) is 4.10. The standard InChI is InChI=1S/C15H14N2O3/c1-10-5-4-8-13(16-10)15(20)17-12-7-3-2-6-11(12)9-14(18)19/h2-8H,9H2,1H3,(H,17,20)(H,18,19). The molecule has 2 aromatic rings. The first-order chi connectivity index (χ1) is 9.56. The van der Waals surface area contributed by atoms with Crippen LogP contribution in [-0.2, 0) is 11.2 Å². The van der Waals surface area contributed by atoms with Crippen LogP contribution in [0.2, 0.25) is 0 Å². The van der Waals surface area contributed by atoms with Gasteiger partial charge in [-0.1, -0.05) is 24.3 Å². The van der Waals surface area contributed by atoms with Crippen molar-refractivity contribution in [2.75, 3.05) is 5.32 Å². The smallest absolute Gasteiger partial charge is 0.307 e. The van der Waals surface area contributed by atoms with Gasteiger partial charge in [-0.3, -0.25) is 9.59 Å². The van der Waals surface area contributed by atoms with E-state index in [1.807, 2.05) is 0 Å². The highest BCUT2D eigenvalue weighted by atomic mass is 16.4. The number of benzene rings is 1. The first-order valence-electron chi connectivity index (χ1n) is 6.11. The van der Waals surface area contributed by atoms with E-state index in [9.17, 15) is 9.59 Å². The molecule has 0 saturated heterocycles. The van der Waals surface area contributed by atoms with Gasteiger partial charge >= 0.3 is 5.97 Å². The Hall–Kier alpha value is -2.69. The van der Waals surface area contributed by atoms with Gasteiger partial charge in [0.1, 0.15) is 5.69 Å². The number of carboxylic acids is 1. The van der Waals surface area contributed by atoms with E-state index in [0.717, 1.165) is 5.69 Å². The molecular formula is C15H14N2O3. The number of nitrogens with zero attached hydrogens (tertiary/aromatic N) is 1. The van der Waals surface area contributed by atoms with Crippen LogP contribution in [0.3, 0.4) is 0 Å². The summed E-state index contributed by atoms with van der Waals surface area (Å²) < 4.78 is 0. The maximum atomic E-state index is 12.1. The lowest BCUT2D eigenvalue weighted by molar-refractivity contribution is -0.136. The van der Waals surface area contributed by atoms with E-state index < -0.39 is 5.97 Å². The number of para-hydroxylation sites is 1. The Morgan fingerprint density at radius 3 is 2.60 bits per heavy atom. The second kappa shape index (κ2) is 5.97. The number of nitrogens with one attached hydrogen (secondary N) is 1. The third-order valence-corrected chi connectivity index (χ3v) is 2.73. The van der Waals surface area contributed by atoms with Gasteiger partial charge < -0.3 is 10.4 Å². The lowest BCUT2D eigenvalue weighted by atomic mass is 10.1. The van der Waals surface area contributed by atoms with Crippen molar-refractivity contribution in [3.8, 4) is 0 Å². The van der Waals surface area contributed by atoms with Crippen molar-refractivity contribution in [2.45, 2.75) is 13.3 Å². The number of hydrogen-bond acceptors (Lipinski definition) is 3. The number of pyridine rings is 1. The first kappa shape index (κ1) is 13.7. The Morgan fingerprint density at radius 2 is 1.90 bits per heavy atom. The number of aromatic nitrogens is 1. The molecule has 2 rings (SSSR count). The average molecular weight is 270 g/mol. The van der Waals surface area contributed by atoms with Gasteiger partial charge in [-0.05, 0) is 30.7 Å². The summed E-state index contributed by atoms with van der Waals surface area (Å²) in [5, 5.41) is 11.5. The molecule has 20 heavy (non-hydrogen) atoms. The molecule has 0 aliphatic rings. The number of rotatable bonds is 4. The van der Waals surface area contributed by atoms with Crippen LogP contribution >= 0.6 is 0 Å². The van der Waals surface area contributed by atoms with Crippen molar-refractivity contribution >= 4 is 17.6 Å². The quantitative estimate of drug-likeness (QED) is 0.893. The predicted molar refractivity (Wildman–Crippen MR) is 74.7 cm³/mol. The highest BCUT2D eigenvalue weighted by molar-refractivity contribution is 6.03. The summed E-state index contributed by atoms with van der Waals surface area (Å²) in [7, 11) is 0. The van der Waals surface area contributed by atoms with Crippen molar-refractivity contribution in [1.82, 2.24) is 4.98 Å². The van der Waals surface area contributed by atoms with Crippen molar-refractivity contribution in [2.24, 2.45) is 0 Å². The van der Waals surface area contributed by atoms with Crippen LogP contribution in [0.15, 0.2) is 42.5 Å². The fourth-order valence-corrected chi connectivity index (χ4v) is 1.82. The molecule has 0 fully saturated rings. The minimum absolute atomic E-state index is 0.141. The van der Waals surface area contributed by atoms with Crippen LogP contribution in [0, 0.1) is 6.92 Å². The summed E-state index contributed by atoms with van der Waals surface area (Å²) in [6.07, 6.45) is -0.141. The maximum Gasteiger partial charge on any atom is 0.307 e. The molecule has 2 N–H and O–H groups in total. The molecule has 5 nitrogen and oxygen atoms in total. The van der Waals surface area contributed by atoms with Gasteiger partial charge in [-0.25, -0.2) is 4.98 Å². The lowest BCUT2D eigenvalue weighted by Crippen LogP contribution is -2.16. The summed E-state index contributed by atoms with van der Waals surface area (Å²) in [6.45, 7) is 1.80. The Morgan fingerprint density at radius 1 is 1.15 bits per heavy atom. The molecule has 0 saturated carbocycles. The second-order valence-electron chi connectivity index (χ2n) is 4.35. The largest absolute Gasteiger partial charge is 0.481 e. The number of hydrogen-bond donors (Lipinski definition) is 2. The summed E-state index contributed by atoms with van der Waals surface area (Å²) in [5.41, 5.74) is 2.09. The molecule has 0 aliphatic carbocycles. The summed E-state index contributed by atoms with van der Waals surface area (Å²) >= 11 is 0. The number of aryl methyl sites for hydroxylation is 1. The molecule has 0 radical (unpaired) electrons. The molecule has 102 valence electrons. The number of amides is 1. The van der Waals surface area contributed by atoms with Crippen molar-refractivity contribution in [1.29, 1.82) is 0 Å². The second-order valence-corrected chi connectivity index (χ2v) is 4.35. The Balaban J connectivity index is 2.21. The molecule has 0 unspecified atom stereocenters. The maximum absolute atomic E-state index is 12.1. The van der Waals surface area contributed by atoms with E-state index in [1.54, 1.807) is 49.4 Å². The van der Waals surface area contributed by atoms with Crippen LogP contribution in [0.25, 0.3) is 0 Å². The average Bonchev–Trinajstić information content (AvgIpc) is 2.40. The van der Waals surface area contributed by atoms with Crippen LogP contribution in [-0.4, -0.2) is 22.0 Å². The molecule has 1 aromatic heterocycles. The van der Waals surface area contributed by atoms with Crippen LogP contribution in [0.1, 0.15) is 21.7 Å². The summed E-state index contributed by atoms with van der Waals surface area (Å²) in [6, 6.07) is 12.0. The van der Waals surface area contributed by atoms with E-state index in [4.69, 9.17) is 5.11 Å². The summed E-state index contributed by atoms with van der Waals surface area (Å²) in [5.74, 6) is -1.30. The third kappa shape index (κ3) is 3.41. The van der Waals surface area contributed by atoms with Gasteiger partial charge in [0.25, 0.3) is 5.91 Å². The van der Waals surface area contributed by atoms with Gasteiger partial charge in [0.15, 0.2) is 0 Å². The van der Waals surface area contributed by atoms with E-state index in [1.165, 1.54) is 0 Å². The number of carbonyl (C=O) groups is 2. The van der Waals surface area contributed by atoms with E-state index >= 15 is 0 Å². The fraction of sp³-hybridized carbons (Fsp3) is 0.133. The molecule has 0 aliphatic heterocycles. The normalized spacial score (nSPS) is 10.1. The molecule has 1 heterocycles. The zero-order valence-corrected chi connectivity index (χ0v) is 11.0. The van der Waals surface area contributed by atoms with Crippen molar-refractivity contribution in [3.05, 3.63) is 59.4 Å². The Bertz CT molecular complexity index is 653. The van der Waals surface area contributed by atoms with E-state index in [0.29, 0.717) is 16.9 Å². The monoisotopic (exact) mass is 270 g/mol. The van der Waals surface area contributed by atoms with E-state index in [-0.39, 0.29) is 12.3 Å². The van der Waals surface area contributed by atoms with Gasteiger partial charge in [-0.15, -0.1) is 0 Å². The van der Waals surface area contributed by atoms with Crippen LogP contribution in [0.5, 0.6) is 0 Å². The molecule has 1 aromatic carbocycles. The number of aliphatic carboxylic acids is 1. The minimum atomic E-state index is -0.944. The van der Waals surface area contributed by atoms with Gasteiger partial charge in [0.2, 0.25) is 0 Å². The van der Waals surface area contributed by atoms with Crippen molar-refractivity contribution in [3.63, 3.8) is 0 Å². The van der Waals surface area contributed by atoms with Gasteiger partial charge in [0.05, 0.1) is 6.42 Å². The number of carbonyl (C=O) groups excluding carboxylic acids is 1. The fourth-order valence-electron chi connectivity index (χ4n) is 1.82. The zero-order chi connectivity index (χ0) is 14.5. The summed E-state index contributed by atoms with van der Waals surface area (Å²) in [4.78, 5) is 27.0. The molecule has 0 bridgehead atoms. The highest BCUT2D eigenvalue weighted by Gasteiger charge is 2.11. The molecule has 5 heteroatoms. The van der Waals surface area contributed by atoms with Crippen LogP contribution in [0.4, 0.5) is 5.69 Å². The predicted octanol–water partition coefficient (Wildman–Crippen LogP) is 2.27. The molecule has 0 atom stereocenters. The Labute approximate surface area is 116 Å². The molecule has 0 spiro atoms. The molecular weight excluding hydrogens is 256 g/mol. The van der Waals surface area contributed by atoms with Crippen molar-refractivity contribution < 1.29 is 14.7 Å². The van der Waals surface area contributed by atoms with Gasteiger partial charge in [0, 0.05) is 11.4 Å². The minimum Gasteiger partial charge on any atom is -0.481 e. The first-order valence-corrected chi connectivity index (χ1v) is 6.11. The highest BCUT2D eigenvalue weighted by Crippen LogP contribution is 2.16. The lowest BCUT2D eigenvalue weighted by Gasteiger charge is -2.09. The van der Waals surface area contributed by atoms with E-state index in [2.05, 4.69) is 10.3 Å². The zero-order valence-electron chi connectivity index (χ0n) is 11.0. The third-order valence-electron chi connectivity index (χ3n) is 2.73. The van der Waals surface area contributed by atoms with Crippen LogP contribution < -0.4 is 5.32 Å². The topological polar surface area (TPSA) is 79.3 Å². The van der Waals surface area contributed by atoms with Gasteiger partial charge in [-0.2, -0.15) is 0 Å². The SMILES string of the molecule is Cc1cccc(C(=O)Nc2ccccc2CC(=O)O)n1. The number of carboxylic acid groups (broad SMARTS) is 1. The molecule has 1 amide bonds. The number of anilines is 1.